The molecule has 1 aliphatic heterocycles. The lowest BCUT2D eigenvalue weighted by Crippen LogP contribution is -2.48. The Hall–Kier alpha value is -1.73. The van der Waals surface area contributed by atoms with Crippen LogP contribution in [0.4, 0.5) is 0 Å². The Morgan fingerprint density at radius 1 is 1.57 bits per heavy atom. The lowest BCUT2D eigenvalue weighted by Gasteiger charge is -2.23. The third-order valence-electron chi connectivity index (χ3n) is 3.70. The number of nitrogens with one attached hydrogen (secondary N) is 3. The fourth-order valence-electron chi connectivity index (χ4n) is 2.42. The quantitative estimate of drug-likeness (QED) is 0.795. The van der Waals surface area contributed by atoms with Crippen molar-refractivity contribution in [1.29, 1.82) is 0 Å². The molecule has 0 spiro atoms. The lowest BCUT2D eigenvalue weighted by molar-refractivity contribution is -0.124. The van der Waals surface area contributed by atoms with Crippen LogP contribution in [0, 0.1) is 0 Å². The molecule has 2 aromatic heterocycles. The topological polar surface area (TPSA) is 82.7 Å². The summed E-state index contributed by atoms with van der Waals surface area (Å²) in [6.07, 6.45) is 5.16. The van der Waals surface area contributed by atoms with Gasteiger partial charge in [-0.3, -0.25) is 10.1 Å². The number of hydrogen-bond donors (Lipinski definition) is 3. The molecule has 2 atom stereocenters. The van der Waals surface area contributed by atoms with Crippen LogP contribution in [0.15, 0.2) is 12.5 Å². The number of fused-ring (bicyclic) bond motifs is 1. The predicted octanol–water partition coefficient (Wildman–Crippen LogP) is 1.32. The van der Waals surface area contributed by atoms with Crippen molar-refractivity contribution in [3.8, 4) is 0 Å². The predicted molar refractivity (Wildman–Crippen MR) is 81.0 cm³/mol. The zero-order valence-electron chi connectivity index (χ0n) is 12.1. The zero-order chi connectivity index (χ0) is 14.8. The molecule has 6 nitrogen and oxygen atoms in total. The van der Waals surface area contributed by atoms with Gasteiger partial charge in [0.05, 0.1) is 29.8 Å². The van der Waals surface area contributed by atoms with Crippen LogP contribution in [0.5, 0.6) is 0 Å². The van der Waals surface area contributed by atoms with Crippen molar-refractivity contribution in [3.63, 3.8) is 0 Å². The third kappa shape index (κ3) is 2.98. The first-order valence-corrected chi connectivity index (χ1v) is 7.98. The monoisotopic (exact) mass is 305 g/mol. The van der Waals surface area contributed by atoms with Gasteiger partial charge >= 0.3 is 0 Å². The summed E-state index contributed by atoms with van der Waals surface area (Å²) < 4.78 is 0. The number of rotatable bonds is 4. The maximum absolute atomic E-state index is 12.4. The van der Waals surface area contributed by atoms with Gasteiger partial charge in [0.1, 0.15) is 5.01 Å². The van der Waals surface area contributed by atoms with E-state index in [-0.39, 0.29) is 18.0 Å². The smallest absolute Gasteiger partial charge is 0.238 e. The molecule has 3 N–H and O–H groups in total. The molecule has 3 heterocycles. The second kappa shape index (κ2) is 5.95. The Balaban J connectivity index is 1.61. The van der Waals surface area contributed by atoms with Crippen molar-refractivity contribution in [1.82, 2.24) is 25.6 Å². The van der Waals surface area contributed by atoms with Crippen LogP contribution in [-0.2, 0) is 24.2 Å². The summed E-state index contributed by atoms with van der Waals surface area (Å²) in [7, 11) is 0. The number of aromatic nitrogens is 3. The second-order valence-electron chi connectivity index (χ2n) is 5.21. The third-order valence-corrected chi connectivity index (χ3v) is 5.02. The van der Waals surface area contributed by atoms with Crippen molar-refractivity contribution < 1.29 is 4.79 Å². The van der Waals surface area contributed by atoms with E-state index in [4.69, 9.17) is 0 Å². The number of amides is 1. The molecule has 0 saturated heterocycles. The van der Waals surface area contributed by atoms with E-state index >= 15 is 0 Å². The summed E-state index contributed by atoms with van der Waals surface area (Å²) in [5.41, 5.74) is 2.05. The number of aryl methyl sites for hydroxylation is 1. The lowest BCUT2D eigenvalue weighted by atomic mass is 10.0. The molecule has 7 heteroatoms. The normalized spacial score (nSPS) is 19.0. The number of aromatic amines is 1. The minimum atomic E-state index is -0.228. The summed E-state index contributed by atoms with van der Waals surface area (Å²) in [6.45, 7) is 4.73. The van der Waals surface area contributed by atoms with Crippen molar-refractivity contribution in [3.05, 3.63) is 33.8 Å². The summed E-state index contributed by atoms with van der Waals surface area (Å²) in [4.78, 5) is 25.3. The van der Waals surface area contributed by atoms with Gasteiger partial charge in [0.25, 0.3) is 0 Å². The first-order chi connectivity index (χ1) is 10.2. The highest BCUT2D eigenvalue weighted by atomic mass is 32.1. The van der Waals surface area contributed by atoms with Crippen LogP contribution in [0.1, 0.15) is 41.2 Å². The van der Waals surface area contributed by atoms with E-state index in [2.05, 4.69) is 32.5 Å². The molecule has 0 saturated carbocycles. The number of carbonyl (C=O) groups excluding carboxylic acids is 1. The first kappa shape index (κ1) is 14.2. The minimum absolute atomic E-state index is 0.00407. The Bertz CT molecular complexity index is 635. The Labute approximate surface area is 127 Å². The number of carbonyl (C=O) groups is 1. The number of nitrogens with zero attached hydrogens (tertiary/aromatic N) is 2. The number of H-pyrrole nitrogens is 1. The maximum Gasteiger partial charge on any atom is 0.238 e. The van der Waals surface area contributed by atoms with E-state index in [9.17, 15) is 4.79 Å². The summed E-state index contributed by atoms with van der Waals surface area (Å²) in [5.74, 6) is 0.00407. The van der Waals surface area contributed by atoms with Crippen molar-refractivity contribution in [2.45, 2.75) is 45.3 Å². The number of hydrogen-bond acceptors (Lipinski definition) is 5. The fraction of sp³-hybridized carbons (Fsp3) is 0.500. The van der Waals surface area contributed by atoms with Crippen LogP contribution in [0.3, 0.4) is 0 Å². The minimum Gasteiger partial charge on any atom is -0.347 e. The zero-order valence-corrected chi connectivity index (χ0v) is 13.0. The molecule has 112 valence electrons. The van der Waals surface area contributed by atoms with E-state index in [0.717, 1.165) is 22.8 Å². The number of imidazole rings is 1. The van der Waals surface area contributed by atoms with Crippen LogP contribution >= 0.6 is 11.3 Å². The average molecular weight is 305 g/mol. The van der Waals surface area contributed by atoms with E-state index in [1.807, 2.05) is 13.1 Å². The van der Waals surface area contributed by atoms with Gasteiger partial charge in [0.15, 0.2) is 0 Å². The van der Waals surface area contributed by atoms with Gasteiger partial charge < -0.3 is 10.3 Å². The van der Waals surface area contributed by atoms with E-state index in [1.165, 1.54) is 4.88 Å². The molecule has 0 fully saturated rings. The standard InChI is InChI=1S/C14H19N5OS/c1-3-9-5-16-14(21-9)8(2)19-13(20)11-4-10-12(6-15-11)18-7-17-10/h5,7-8,11,15H,3-4,6H2,1-2H3,(H,17,18)(H,19,20). The van der Waals surface area contributed by atoms with Gasteiger partial charge in [-0.15, -0.1) is 11.3 Å². The summed E-state index contributed by atoms with van der Waals surface area (Å²) >= 11 is 1.66. The first-order valence-electron chi connectivity index (χ1n) is 7.16. The highest BCUT2D eigenvalue weighted by molar-refractivity contribution is 7.11. The SMILES string of the molecule is CCc1cnc(C(C)NC(=O)C2Cc3nc[nH]c3CN2)s1. The van der Waals surface area contributed by atoms with E-state index in [0.29, 0.717) is 13.0 Å². The van der Waals surface area contributed by atoms with Gasteiger partial charge in [-0.25, -0.2) is 9.97 Å². The Morgan fingerprint density at radius 2 is 2.43 bits per heavy atom. The van der Waals surface area contributed by atoms with Crippen LogP contribution < -0.4 is 10.6 Å². The van der Waals surface area contributed by atoms with Crippen LogP contribution in [0.25, 0.3) is 0 Å². The highest BCUT2D eigenvalue weighted by Gasteiger charge is 2.27. The molecule has 0 aromatic carbocycles. The Morgan fingerprint density at radius 3 is 3.19 bits per heavy atom. The molecule has 2 aromatic rings. The summed E-state index contributed by atoms with van der Waals surface area (Å²) in [5, 5.41) is 7.22. The van der Waals surface area contributed by atoms with Crippen molar-refractivity contribution >= 4 is 17.2 Å². The van der Waals surface area contributed by atoms with Gasteiger partial charge in [-0.2, -0.15) is 0 Å². The van der Waals surface area contributed by atoms with Crippen molar-refractivity contribution in [2.24, 2.45) is 0 Å². The molecule has 0 aliphatic carbocycles. The molecule has 0 radical (unpaired) electrons. The van der Waals surface area contributed by atoms with Gasteiger partial charge in [-0.05, 0) is 13.3 Å². The van der Waals surface area contributed by atoms with Gasteiger partial charge in [0.2, 0.25) is 5.91 Å². The fourth-order valence-corrected chi connectivity index (χ4v) is 3.28. The summed E-state index contributed by atoms with van der Waals surface area (Å²) in [6, 6.07) is -0.293. The highest BCUT2D eigenvalue weighted by Crippen LogP contribution is 2.20. The van der Waals surface area contributed by atoms with Gasteiger partial charge in [0, 0.05) is 24.0 Å². The molecule has 3 rings (SSSR count). The second-order valence-corrected chi connectivity index (χ2v) is 6.36. The molecular formula is C14H19N5OS. The van der Waals surface area contributed by atoms with Gasteiger partial charge in [-0.1, -0.05) is 6.92 Å². The molecular weight excluding hydrogens is 286 g/mol. The molecule has 2 unspecified atom stereocenters. The van der Waals surface area contributed by atoms with E-state index in [1.54, 1.807) is 17.7 Å². The molecule has 0 bridgehead atoms. The van der Waals surface area contributed by atoms with Crippen LogP contribution in [-0.4, -0.2) is 26.9 Å². The molecule has 1 aliphatic rings. The van der Waals surface area contributed by atoms with Crippen molar-refractivity contribution in [2.75, 3.05) is 0 Å². The van der Waals surface area contributed by atoms with E-state index < -0.39 is 0 Å². The maximum atomic E-state index is 12.4. The number of thiazole rings is 1. The van der Waals surface area contributed by atoms with Crippen LogP contribution in [0.2, 0.25) is 0 Å². The molecule has 21 heavy (non-hydrogen) atoms. The molecule has 1 amide bonds. The Kier molecular flexibility index (Phi) is 4.03. The average Bonchev–Trinajstić information content (AvgIpc) is 3.15. The largest absolute Gasteiger partial charge is 0.347 e.